The zero-order chi connectivity index (χ0) is 29.9. The van der Waals surface area contributed by atoms with E-state index in [1.54, 1.807) is 11.3 Å². The minimum Gasteiger partial charge on any atom is -0.368 e. The number of aryl methyl sites for hydroxylation is 2. The van der Waals surface area contributed by atoms with Crippen LogP contribution in [0.2, 0.25) is 0 Å². The third-order valence-corrected chi connectivity index (χ3v) is 12.0. The molecule has 4 fully saturated rings. The molecular formula is C35H46N4O3S. The van der Waals surface area contributed by atoms with Crippen molar-refractivity contribution in [1.29, 1.82) is 0 Å². The predicted octanol–water partition coefficient (Wildman–Crippen LogP) is 5.32. The smallest absolute Gasteiger partial charge is 0.251 e. The van der Waals surface area contributed by atoms with Crippen LogP contribution in [0.3, 0.4) is 0 Å². The van der Waals surface area contributed by atoms with Gasteiger partial charge in [0.05, 0.1) is 17.2 Å². The number of Topliss-reactive ketones (excluding diaryl/α,β-unsaturated/α-hetero) is 1. The minimum atomic E-state index is -0.510. The Morgan fingerprint density at radius 1 is 0.977 bits per heavy atom. The highest BCUT2D eigenvalue weighted by Gasteiger charge is 2.49. The summed E-state index contributed by atoms with van der Waals surface area (Å²) in [6, 6.07) is 9.19. The lowest BCUT2D eigenvalue weighted by atomic mass is 9.79. The molecule has 8 heteroatoms. The second kappa shape index (κ2) is 11.4. The van der Waals surface area contributed by atoms with Crippen molar-refractivity contribution in [2.45, 2.75) is 77.4 Å². The van der Waals surface area contributed by atoms with E-state index in [1.807, 2.05) is 4.90 Å². The van der Waals surface area contributed by atoms with E-state index in [0.717, 1.165) is 77.9 Å². The Labute approximate surface area is 259 Å². The summed E-state index contributed by atoms with van der Waals surface area (Å²) in [4.78, 5) is 39.9. The molecule has 4 aliphatic heterocycles. The average molecular weight is 603 g/mol. The van der Waals surface area contributed by atoms with Crippen molar-refractivity contribution in [1.82, 2.24) is 19.7 Å². The Hall–Kier alpha value is -2.52. The quantitative estimate of drug-likeness (QED) is 0.378. The number of amides is 1. The minimum absolute atomic E-state index is 0.0894. The number of nitrogens with zero attached hydrogens (tertiary/aromatic N) is 3. The van der Waals surface area contributed by atoms with Crippen LogP contribution in [0.25, 0.3) is 21.5 Å². The molecule has 4 aliphatic rings. The molecule has 1 amide bonds. The normalized spacial score (nSPS) is 26.2. The number of benzene rings is 1. The van der Waals surface area contributed by atoms with Crippen LogP contribution in [0.1, 0.15) is 61.1 Å². The maximum absolute atomic E-state index is 14.0. The molecule has 1 N–H and O–H groups in total. The molecule has 43 heavy (non-hydrogen) atoms. The largest absolute Gasteiger partial charge is 0.368 e. The first-order chi connectivity index (χ1) is 20.7. The fraction of sp³-hybridized carbons (Fsp3) is 0.600. The van der Waals surface area contributed by atoms with Gasteiger partial charge in [-0.1, -0.05) is 17.2 Å². The summed E-state index contributed by atoms with van der Waals surface area (Å²) in [6.07, 6.45) is 4.86. The van der Waals surface area contributed by atoms with Crippen LogP contribution in [0.15, 0.2) is 24.3 Å². The van der Waals surface area contributed by atoms with E-state index in [0.29, 0.717) is 18.3 Å². The summed E-state index contributed by atoms with van der Waals surface area (Å²) in [5.74, 6) is 1.10. The fourth-order valence-corrected chi connectivity index (χ4v) is 9.28. The molecular weight excluding hydrogens is 556 g/mol. The number of aromatic nitrogens is 1. The maximum Gasteiger partial charge on any atom is 0.251 e. The third kappa shape index (κ3) is 5.39. The molecule has 230 valence electrons. The van der Waals surface area contributed by atoms with Gasteiger partial charge in [-0.25, -0.2) is 0 Å². The van der Waals surface area contributed by atoms with Crippen LogP contribution in [-0.4, -0.2) is 95.9 Å². The average Bonchev–Trinajstić information content (AvgIpc) is 3.82. The number of piperazine rings is 1. The number of nitrogens with one attached hydrogen (secondary N) is 1. The lowest BCUT2D eigenvalue weighted by molar-refractivity contribution is -0.142. The van der Waals surface area contributed by atoms with Gasteiger partial charge in [-0.2, -0.15) is 0 Å². The molecule has 0 spiro atoms. The molecule has 2 bridgehead atoms. The summed E-state index contributed by atoms with van der Waals surface area (Å²) in [5, 5.41) is 1.26. The SMILES string of the molecule is Cc1cc(C)cc(-c2[nH]c3sc(C(C)(C)C(=O)C4C5CCN4CC5)cc3c2CCN2CCN(C(=O)C3CCCO3)CC2)c1. The van der Waals surface area contributed by atoms with Crippen molar-refractivity contribution in [2.75, 3.05) is 52.4 Å². The Kier molecular flexibility index (Phi) is 7.77. The van der Waals surface area contributed by atoms with E-state index < -0.39 is 5.41 Å². The molecule has 6 heterocycles. The van der Waals surface area contributed by atoms with Gasteiger partial charge in [0.25, 0.3) is 5.91 Å². The van der Waals surface area contributed by atoms with Gasteiger partial charge in [-0.05, 0) is 108 Å². The lowest BCUT2D eigenvalue weighted by Crippen LogP contribution is -2.51. The second-order valence-electron chi connectivity index (χ2n) is 13.9. The Bertz CT molecular complexity index is 1480. The highest BCUT2D eigenvalue weighted by molar-refractivity contribution is 7.19. The number of rotatable bonds is 8. The second-order valence-corrected chi connectivity index (χ2v) is 15.0. The number of carbonyl (C=O) groups is 2. The van der Waals surface area contributed by atoms with E-state index in [-0.39, 0.29) is 18.1 Å². The first-order valence-corrected chi connectivity index (χ1v) is 17.2. The van der Waals surface area contributed by atoms with Crippen LogP contribution in [0, 0.1) is 19.8 Å². The van der Waals surface area contributed by atoms with Crippen molar-refractivity contribution < 1.29 is 14.3 Å². The molecule has 2 atom stereocenters. The zero-order valence-electron chi connectivity index (χ0n) is 26.2. The Morgan fingerprint density at radius 2 is 1.70 bits per heavy atom. The molecule has 0 radical (unpaired) electrons. The molecule has 7 nitrogen and oxygen atoms in total. The lowest BCUT2D eigenvalue weighted by Gasteiger charge is -2.35. The Morgan fingerprint density at radius 3 is 2.33 bits per heavy atom. The molecule has 0 aliphatic carbocycles. The van der Waals surface area contributed by atoms with Gasteiger partial charge < -0.3 is 14.6 Å². The van der Waals surface area contributed by atoms with Crippen LogP contribution in [0.5, 0.6) is 0 Å². The van der Waals surface area contributed by atoms with Crippen molar-refractivity contribution in [3.8, 4) is 11.3 Å². The number of ketones is 1. The zero-order valence-corrected chi connectivity index (χ0v) is 27.0. The van der Waals surface area contributed by atoms with Gasteiger partial charge in [0, 0.05) is 49.6 Å². The van der Waals surface area contributed by atoms with Crippen molar-refractivity contribution in [3.63, 3.8) is 0 Å². The number of carbonyl (C=O) groups excluding carboxylic acids is 2. The fourth-order valence-electron chi connectivity index (χ4n) is 8.09. The first kappa shape index (κ1) is 29.2. The number of ether oxygens (including phenoxy) is 1. The van der Waals surface area contributed by atoms with E-state index in [9.17, 15) is 9.59 Å². The summed E-state index contributed by atoms with van der Waals surface area (Å²) >= 11 is 1.76. The number of H-pyrrole nitrogens is 1. The Balaban J connectivity index is 1.13. The van der Waals surface area contributed by atoms with Crippen LogP contribution in [0.4, 0.5) is 0 Å². The van der Waals surface area contributed by atoms with Crippen molar-refractivity contribution >= 4 is 33.2 Å². The molecule has 2 aromatic heterocycles. The number of fused-ring (bicyclic) bond motifs is 3. The summed E-state index contributed by atoms with van der Waals surface area (Å²) in [5.41, 5.74) is 5.79. The van der Waals surface area contributed by atoms with E-state index in [4.69, 9.17) is 4.74 Å². The molecule has 0 saturated carbocycles. The van der Waals surface area contributed by atoms with Crippen LogP contribution >= 0.6 is 11.3 Å². The highest BCUT2D eigenvalue weighted by atomic mass is 32.1. The van der Waals surface area contributed by atoms with Crippen molar-refractivity contribution in [2.24, 2.45) is 5.92 Å². The number of aromatic amines is 1. The van der Waals surface area contributed by atoms with E-state index >= 15 is 0 Å². The molecule has 2 unspecified atom stereocenters. The molecule has 4 saturated heterocycles. The summed E-state index contributed by atoms with van der Waals surface area (Å²) < 4.78 is 5.66. The monoisotopic (exact) mass is 602 g/mol. The number of hydrogen-bond donors (Lipinski definition) is 1. The molecule has 7 rings (SSSR count). The van der Waals surface area contributed by atoms with Crippen molar-refractivity contribution in [3.05, 3.63) is 45.8 Å². The maximum atomic E-state index is 14.0. The van der Waals surface area contributed by atoms with Gasteiger partial charge >= 0.3 is 0 Å². The van der Waals surface area contributed by atoms with Crippen LogP contribution < -0.4 is 0 Å². The van der Waals surface area contributed by atoms with Gasteiger partial charge in [0.15, 0.2) is 5.78 Å². The first-order valence-electron chi connectivity index (χ1n) is 16.3. The highest BCUT2D eigenvalue weighted by Crippen LogP contribution is 2.44. The van der Waals surface area contributed by atoms with E-state index in [2.05, 4.69) is 66.7 Å². The van der Waals surface area contributed by atoms with Gasteiger partial charge in [-0.3, -0.25) is 19.4 Å². The topological polar surface area (TPSA) is 68.9 Å². The van der Waals surface area contributed by atoms with Crippen LogP contribution in [-0.2, 0) is 26.2 Å². The number of hydrogen-bond acceptors (Lipinski definition) is 6. The summed E-state index contributed by atoms with van der Waals surface area (Å²) in [7, 11) is 0. The van der Waals surface area contributed by atoms with E-state index in [1.165, 1.54) is 43.0 Å². The van der Waals surface area contributed by atoms with Gasteiger partial charge in [0.1, 0.15) is 10.9 Å². The standard InChI is InChI=1S/C35H46N4O3S/c1-22-18-23(2)20-25(19-22)30-26(9-10-37-13-15-39(16-14-37)34(41)28-6-5-17-42-28)27-21-29(43-33(27)36-30)35(3,4)32(40)31-24-7-11-38(31)12-8-24/h18-21,24,28,31,36H,5-17H2,1-4H3. The summed E-state index contributed by atoms with van der Waals surface area (Å²) in [6.45, 7) is 15.7. The molecule has 1 aromatic carbocycles. The van der Waals surface area contributed by atoms with Gasteiger partial charge in [0.2, 0.25) is 0 Å². The third-order valence-electron chi connectivity index (χ3n) is 10.6. The number of piperidine rings is 1. The number of thiophene rings is 1. The molecule has 3 aromatic rings. The van der Waals surface area contributed by atoms with Gasteiger partial charge in [-0.15, -0.1) is 11.3 Å². The predicted molar refractivity (Wildman–Crippen MR) is 173 cm³/mol.